The summed E-state index contributed by atoms with van der Waals surface area (Å²) in [4.78, 5) is 10.0. The zero-order valence-corrected chi connectivity index (χ0v) is 53.3. The molecule has 0 aliphatic carbocycles. The van der Waals surface area contributed by atoms with Gasteiger partial charge in [-0.05, 0) is 115 Å². The molecule has 85 heavy (non-hydrogen) atoms. The number of hydrogen-bond donors (Lipinski definition) is 0. The molecule has 3 heterocycles. The Balaban J connectivity index is 0.00000709. The van der Waals surface area contributed by atoms with Crippen LogP contribution in [0.1, 0.15) is 101 Å². The van der Waals surface area contributed by atoms with Crippen molar-refractivity contribution in [2.75, 3.05) is 9.80 Å². The van der Waals surface area contributed by atoms with Crippen LogP contribution in [0.3, 0.4) is 0 Å². The third-order valence-corrected chi connectivity index (χ3v) is 22.6. The van der Waals surface area contributed by atoms with Gasteiger partial charge in [0.1, 0.15) is 13.9 Å². The number of hydrogen-bond acceptors (Lipinski definition) is 3. The van der Waals surface area contributed by atoms with Crippen molar-refractivity contribution in [3.8, 4) is 5.82 Å². The first-order chi connectivity index (χ1) is 40.5. The van der Waals surface area contributed by atoms with Crippen LogP contribution in [-0.2, 0) is 42.7 Å². The second-order valence-corrected chi connectivity index (χ2v) is 29.2. The van der Waals surface area contributed by atoms with Crippen LogP contribution in [0, 0.1) is 18.8 Å². The zero-order chi connectivity index (χ0) is 58.0. The van der Waals surface area contributed by atoms with E-state index in [1.807, 2.05) is 6.20 Å². The van der Waals surface area contributed by atoms with Gasteiger partial charge in [-0.3, -0.25) is 0 Å². The Bertz CT molecular complexity index is 4240. The monoisotopic (exact) mass is 1300 g/mol. The van der Waals surface area contributed by atoms with E-state index in [0.717, 1.165) is 66.3 Å². The molecule has 0 saturated heterocycles. The molecule has 4 nitrogen and oxygen atoms in total. The molecule has 0 bridgehead atoms. The summed E-state index contributed by atoms with van der Waals surface area (Å²) in [6.07, 6.45) is 2.00. The fraction of sp³-hybridized carbons (Fsp3) is 0.165. The maximum Gasteiger partial charge on any atom is 0.135 e. The van der Waals surface area contributed by atoms with Gasteiger partial charge in [0.05, 0.1) is 0 Å². The van der Waals surface area contributed by atoms with Gasteiger partial charge in [-0.25, -0.2) is 4.98 Å². The second-order valence-electron chi connectivity index (χ2n) is 25.5. The summed E-state index contributed by atoms with van der Waals surface area (Å²) in [5.74, 6) is 0.838. The van der Waals surface area contributed by atoms with Gasteiger partial charge in [-0.15, -0.1) is 17.7 Å². The molecule has 424 valence electrons. The van der Waals surface area contributed by atoms with E-state index in [1.54, 1.807) is 0 Å². The molecule has 1 aliphatic heterocycles. The van der Waals surface area contributed by atoms with Crippen molar-refractivity contribution in [1.82, 2.24) is 9.55 Å². The average molecular weight is 1300 g/mol. The SMILES string of the molecule is CC(C)(C)c1cc(N2[CH-]N(c3[c-]c([Si](c4[c-]c5c(cc4)c4cc(C(C)(C)c6ccccc6)ccc4n5-c4cc(C(C)(c5ccccc5)c5ccccc5)ccn4)(c4ccccc4)c4ccccc4)ccc3)c3ccccc32)cc(C(C)(C)C)c1.[Pt]. The normalized spacial score (nSPS) is 13.0. The van der Waals surface area contributed by atoms with Crippen molar-refractivity contribution in [2.24, 2.45) is 0 Å². The van der Waals surface area contributed by atoms with Crippen molar-refractivity contribution in [3.63, 3.8) is 0 Å². The van der Waals surface area contributed by atoms with Crippen LogP contribution < -0.4 is 30.5 Å². The van der Waals surface area contributed by atoms with E-state index in [0.29, 0.717) is 0 Å². The number of fused-ring (bicyclic) bond motifs is 4. The number of aromatic nitrogens is 2. The van der Waals surface area contributed by atoms with Crippen molar-refractivity contribution in [2.45, 2.75) is 84.0 Å². The van der Waals surface area contributed by atoms with E-state index >= 15 is 0 Å². The predicted molar refractivity (Wildman–Crippen MR) is 356 cm³/mol. The smallest absolute Gasteiger partial charge is 0.135 e. The van der Waals surface area contributed by atoms with Crippen molar-refractivity contribution < 1.29 is 21.1 Å². The van der Waals surface area contributed by atoms with Gasteiger partial charge in [-0.2, -0.15) is 52.8 Å². The van der Waals surface area contributed by atoms with E-state index in [4.69, 9.17) is 4.98 Å². The predicted octanol–water partition coefficient (Wildman–Crippen LogP) is 16.8. The molecule has 6 heteroatoms. The minimum atomic E-state index is -3.31. The Kier molecular flexibility index (Phi) is 14.9. The largest absolute Gasteiger partial charge is 0.493 e. The summed E-state index contributed by atoms with van der Waals surface area (Å²) in [6.45, 7) is 23.1. The van der Waals surface area contributed by atoms with Crippen molar-refractivity contribution in [3.05, 3.63) is 319 Å². The number of para-hydroxylation sites is 2. The van der Waals surface area contributed by atoms with E-state index < -0.39 is 13.5 Å². The van der Waals surface area contributed by atoms with Gasteiger partial charge >= 0.3 is 0 Å². The molecule has 0 saturated carbocycles. The Labute approximate surface area is 518 Å². The first-order valence-electron chi connectivity index (χ1n) is 29.5. The summed E-state index contributed by atoms with van der Waals surface area (Å²) in [6, 6.07) is 103. The van der Waals surface area contributed by atoms with Gasteiger partial charge in [0, 0.05) is 60.7 Å². The molecular formula is C79H71N4PtSi-3. The first kappa shape index (κ1) is 57.1. The van der Waals surface area contributed by atoms with Crippen LogP contribution in [-0.4, -0.2) is 17.6 Å². The molecule has 12 aromatic rings. The number of anilines is 4. The molecular weight excluding hydrogens is 1230 g/mol. The number of benzene rings is 10. The molecule has 0 N–H and O–H groups in total. The van der Waals surface area contributed by atoms with Gasteiger partial charge in [0.15, 0.2) is 0 Å². The van der Waals surface area contributed by atoms with Gasteiger partial charge in [0.25, 0.3) is 0 Å². The minimum Gasteiger partial charge on any atom is -0.493 e. The van der Waals surface area contributed by atoms with Crippen molar-refractivity contribution >= 4 is 73.4 Å². The Morgan fingerprint density at radius 2 is 0.918 bits per heavy atom. The fourth-order valence-corrected chi connectivity index (χ4v) is 17.5. The van der Waals surface area contributed by atoms with Crippen LogP contribution in [0.4, 0.5) is 22.7 Å². The quantitative estimate of drug-likeness (QED) is 0.0692. The van der Waals surface area contributed by atoms with E-state index in [9.17, 15) is 0 Å². The summed E-state index contributed by atoms with van der Waals surface area (Å²) >= 11 is 0. The third-order valence-electron chi connectivity index (χ3n) is 18.0. The standard InChI is InChI=1S/C79H71N4Si.Pt/c1-76(2,3)61-48-62(77(4,5)6)50-64(49-61)82-55-81(72-40-25-26-41-73(72)82)63-34-27-39-67(53-63)84(65-35-21-13-22-36-65,66-37-23-14-24-38-66)68-43-44-69-70-51-59(78(7,8)56-28-15-10-16-29-56)42-45-71(70)83(74(69)54-68)75-52-60(46-47-80-75)79(9,57-30-17-11-18-31-57)58-32-19-12-20-33-58;/h10-52,55H,1-9H3;/q-3;. The Hall–Kier alpha value is -8.34. The van der Waals surface area contributed by atoms with E-state index in [2.05, 4.69) is 350 Å². The molecule has 13 rings (SSSR count). The zero-order valence-electron chi connectivity index (χ0n) is 50.0. The molecule has 10 aromatic carbocycles. The Morgan fingerprint density at radius 1 is 0.400 bits per heavy atom. The Morgan fingerprint density at radius 3 is 1.48 bits per heavy atom. The molecule has 0 fully saturated rings. The summed E-state index contributed by atoms with van der Waals surface area (Å²) in [5, 5.41) is 7.04. The third kappa shape index (κ3) is 9.99. The van der Waals surface area contributed by atoms with Gasteiger partial charge in [0.2, 0.25) is 0 Å². The number of rotatable bonds is 12. The number of nitrogens with zero attached hydrogens (tertiary/aromatic N) is 4. The van der Waals surface area contributed by atoms with Crippen LogP contribution in [0.2, 0.25) is 0 Å². The summed E-state index contributed by atoms with van der Waals surface area (Å²) in [7, 11) is -3.31. The van der Waals surface area contributed by atoms with Gasteiger partial charge < -0.3 is 14.4 Å². The topological polar surface area (TPSA) is 24.3 Å². The molecule has 1 aliphatic rings. The first-order valence-corrected chi connectivity index (χ1v) is 31.5. The maximum absolute atomic E-state index is 5.34. The van der Waals surface area contributed by atoms with Crippen LogP contribution in [0.5, 0.6) is 0 Å². The molecule has 0 atom stereocenters. The molecule has 0 radical (unpaired) electrons. The summed E-state index contributed by atoms with van der Waals surface area (Å²) < 4.78 is 2.38. The second kappa shape index (κ2) is 22.3. The molecule has 0 spiro atoms. The van der Waals surface area contributed by atoms with Crippen LogP contribution >= 0.6 is 0 Å². The number of pyridine rings is 1. The van der Waals surface area contributed by atoms with Crippen molar-refractivity contribution in [1.29, 1.82) is 0 Å². The van der Waals surface area contributed by atoms with E-state index in [-0.39, 0.29) is 37.3 Å². The molecule has 0 amide bonds. The fourth-order valence-electron chi connectivity index (χ4n) is 13.0. The molecule has 2 aromatic heterocycles. The van der Waals surface area contributed by atoms with Crippen LogP contribution in [0.15, 0.2) is 261 Å². The molecule has 0 unspecified atom stereocenters. The summed E-state index contributed by atoms with van der Waals surface area (Å²) in [5.41, 5.74) is 14.3. The minimum absolute atomic E-state index is 0. The average Bonchev–Trinajstić information content (AvgIpc) is 1.85. The maximum atomic E-state index is 5.34. The van der Waals surface area contributed by atoms with Crippen LogP contribution in [0.25, 0.3) is 27.6 Å². The van der Waals surface area contributed by atoms with Gasteiger partial charge in [-0.1, -0.05) is 243 Å². The van der Waals surface area contributed by atoms with E-state index in [1.165, 1.54) is 43.8 Å².